The number of aromatic nitrogens is 2. The Morgan fingerprint density at radius 3 is 2.88 bits per heavy atom. The molecule has 4 nitrogen and oxygen atoms in total. The van der Waals surface area contributed by atoms with Gasteiger partial charge in [0.2, 0.25) is 0 Å². The molecule has 2 aromatic heterocycles. The second-order valence-corrected chi connectivity index (χ2v) is 5.07. The molecule has 90 valence electrons. The minimum Gasteiger partial charge on any atom is -0.297 e. The Balaban J connectivity index is 2.31. The van der Waals surface area contributed by atoms with Gasteiger partial charge in [-0.1, -0.05) is 17.7 Å². The van der Waals surface area contributed by atoms with Crippen molar-refractivity contribution in [3.8, 4) is 0 Å². The highest BCUT2D eigenvalue weighted by atomic mass is 35.5. The maximum Gasteiger partial charge on any atom is 0.329 e. The van der Waals surface area contributed by atoms with Crippen LogP contribution in [0, 0.1) is 6.92 Å². The predicted octanol–water partition coefficient (Wildman–Crippen LogP) is 1.80. The Hall–Kier alpha value is -1.33. The second-order valence-electron chi connectivity index (χ2n) is 3.66. The molecule has 0 saturated carbocycles. The summed E-state index contributed by atoms with van der Waals surface area (Å²) in [5.41, 5.74) is -0.407. The lowest BCUT2D eigenvalue weighted by Crippen LogP contribution is -2.37. The van der Waals surface area contributed by atoms with E-state index in [1.807, 2.05) is 17.5 Å². The van der Waals surface area contributed by atoms with Crippen LogP contribution in [-0.2, 0) is 13.0 Å². The zero-order chi connectivity index (χ0) is 12.4. The summed E-state index contributed by atoms with van der Waals surface area (Å²) in [6.45, 7) is 1.97. The van der Waals surface area contributed by atoms with Gasteiger partial charge < -0.3 is 0 Å². The quantitative estimate of drug-likeness (QED) is 0.865. The fourth-order valence-corrected chi connectivity index (χ4v) is 2.38. The van der Waals surface area contributed by atoms with E-state index in [9.17, 15) is 9.59 Å². The van der Waals surface area contributed by atoms with Crippen LogP contribution in [0.25, 0.3) is 0 Å². The fraction of sp³-hybridized carbons (Fsp3) is 0.273. The second kappa shape index (κ2) is 4.89. The summed E-state index contributed by atoms with van der Waals surface area (Å²) < 4.78 is 1.18. The summed E-state index contributed by atoms with van der Waals surface area (Å²) in [6.07, 6.45) is 0.668. The molecule has 2 rings (SSSR count). The van der Waals surface area contributed by atoms with Crippen molar-refractivity contribution in [1.82, 2.24) is 9.55 Å². The van der Waals surface area contributed by atoms with Crippen molar-refractivity contribution in [1.29, 1.82) is 0 Å². The van der Waals surface area contributed by atoms with Gasteiger partial charge in [-0.25, -0.2) is 4.79 Å². The molecular weight excluding hydrogens is 260 g/mol. The lowest BCUT2D eigenvalue weighted by Gasteiger charge is -2.05. The lowest BCUT2D eigenvalue weighted by atomic mass is 10.3. The van der Waals surface area contributed by atoms with Crippen LogP contribution >= 0.6 is 22.9 Å². The zero-order valence-corrected chi connectivity index (χ0v) is 10.8. The molecule has 0 radical (unpaired) electrons. The van der Waals surface area contributed by atoms with E-state index in [2.05, 4.69) is 4.98 Å². The van der Waals surface area contributed by atoms with Crippen molar-refractivity contribution in [2.24, 2.45) is 0 Å². The van der Waals surface area contributed by atoms with Gasteiger partial charge in [0, 0.05) is 17.0 Å². The molecule has 0 atom stereocenters. The van der Waals surface area contributed by atoms with E-state index in [0.717, 1.165) is 4.88 Å². The summed E-state index contributed by atoms with van der Waals surface area (Å²) in [5.74, 6) is 0. The first-order valence-corrected chi connectivity index (χ1v) is 6.37. The fourth-order valence-electron chi connectivity index (χ4n) is 1.52. The van der Waals surface area contributed by atoms with Gasteiger partial charge in [0.15, 0.2) is 0 Å². The van der Waals surface area contributed by atoms with E-state index in [0.29, 0.717) is 18.5 Å². The average Bonchev–Trinajstić information content (AvgIpc) is 2.79. The number of hydrogen-bond acceptors (Lipinski definition) is 3. The van der Waals surface area contributed by atoms with Gasteiger partial charge in [-0.3, -0.25) is 14.3 Å². The molecule has 1 N–H and O–H groups in total. The Bertz CT molecular complexity index is 628. The molecule has 0 spiro atoms. The van der Waals surface area contributed by atoms with Gasteiger partial charge in [0.1, 0.15) is 5.15 Å². The van der Waals surface area contributed by atoms with Gasteiger partial charge in [-0.15, -0.1) is 11.3 Å². The van der Waals surface area contributed by atoms with Crippen molar-refractivity contribution in [3.63, 3.8) is 0 Å². The topological polar surface area (TPSA) is 54.9 Å². The Morgan fingerprint density at radius 2 is 2.24 bits per heavy atom. The molecule has 2 aromatic rings. The largest absolute Gasteiger partial charge is 0.329 e. The molecule has 0 aliphatic rings. The van der Waals surface area contributed by atoms with Crippen LogP contribution < -0.4 is 11.2 Å². The number of aromatic amines is 1. The third-order valence-corrected chi connectivity index (χ3v) is 3.83. The smallest absolute Gasteiger partial charge is 0.297 e. The molecule has 0 bridgehead atoms. The number of nitrogens with one attached hydrogen (secondary N) is 1. The van der Waals surface area contributed by atoms with E-state index < -0.39 is 5.69 Å². The Morgan fingerprint density at radius 1 is 1.47 bits per heavy atom. The van der Waals surface area contributed by atoms with E-state index in [-0.39, 0.29) is 10.7 Å². The monoisotopic (exact) mass is 270 g/mol. The van der Waals surface area contributed by atoms with Crippen molar-refractivity contribution >= 4 is 22.9 Å². The number of rotatable bonds is 3. The zero-order valence-electron chi connectivity index (χ0n) is 9.20. The van der Waals surface area contributed by atoms with E-state index >= 15 is 0 Å². The van der Waals surface area contributed by atoms with Crippen molar-refractivity contribution in [2.45, 2.75) is 19.9 Å². The Labute approximate surface area is 106 Å². The maximum atomic E-state index is 11.8. The molecule has 0 fully saturated rings. The highest BCUT2D eigenvalue weighted by molar-refractivity contribution is 7.09. The third kappa shape index (κ3) is 2.50. The maximum absolute atomic E-state index is 11.8. The molecule has 0 saturated heterocycles. The molecule has 0 aliphatic heterocycles. The van der Waals surface area contributed by atoms with Crippen molar-refractivity contribution in [2.75, 3.05) is 0 Å². The first-order valence-electron chi connectivity index (χ1n) is 5.11. The molecule has 0 aromatic carbocycles. The third-order valence-electron chi connectivity index (χ3n) is 2.52. The molecular formula is C11H11ClN2O2S. The van der Waals surface area contributed by atoms with Gasteiger partial charge in [0.25, 0.3) is 5.56 Å². The molecule has 6 heteroatoms. The van der Waals surface area contributed by atoms with Crippen LogP contribution in [0.15, 0.2) is 27.1 Å². The molecule has 0 unspecified atom stereocenters. The molecule has 0 aliphatic carbocycles. The van der Waals surface area contributed by atoms with Crippen molar-refractivity contribution < 1.29 is 0 Å². The number of hydrogen-bond donors (Lipinski definition) is 1. The average molecular weight is 271 g/mol. The van der Waals surface area contributed by atoms with E-state index in [4.69, 9.17) is 11.6 Å². The summed E-state index contributed by atoms with van der Waals surface area (Å²) in [4.78, 5) is 27.0. The van der Waals surface area contributed by atoms with Gasteiger partial charge >= 0.3 is 5.69 Å². The van der Waals surface area contributed by atoms with Crippen LogP contribution in [0.3, 0.4) is 0 Å². The highest BCUT2D eigenvalue weighted by Crippen LogP contribution is 2.09. The van der Waals surface area contributed by atoms with Crippen LogP contribution in [0.2, 0.25) is 5.15 Å². The van der Waals surface area contributed by atoms with Crippen LogP contribution in [0.5, 0.6) is 0 Å². The summed E-state index contributed by atoms with van der Waals surface area (Å²) in [5, 5.41) is 2.09. The highest BCUT2D eigenvalue weighted by Gasteiger charge is 2.08. The minimum absolute atomic E-state index is 0.118. The minimum atomic E-state index is -0.456. The molecule has 2 heterocycles. The van der Waals surface area contributed by atoms with Crippen LogP contribution in [-0.4, -0.2) is 9.55 Å². The Kier molecular flexibility index (Phi) is 3.49. The number of nitrogens with zero attached hydrogens (tertiary/aromatic N) is 1. The lowest BCUT2D eigenvalue weighted by molar-refractivity contribution is 0.626. The number of halogens is 1. The molecule has 0 amide bonds. The normalized spacial score (nSPS) is 10.7. The standard InChI is InChI=1S/C11H11ClN2O2S/c1-7-9(12)13-11(16)14(10(7)15)5-4-8-3-2-6-17-8/h2-3,6H,4-5H2,1H3,(H,13,16). The van der Waals surface area contributed by atoms with Gasteiger partial charge in [-0.2, -0.15) is 0 Å². The SMILES string of the molecule is Cc1c(Cl)[nH]c(=O)n(CCc2cccs2)c1=O. The number of H-pyrrole nitrogens is 1. The van der Waals surface area contributed by atoms with Crippen LogP contribution in [0.1, 0.15) is 10.4 Å². The van der Waals surface area contributed by atoms with Gasteiger partial charge in [-0.05, 0) is 24.8 Å². The summed E-state index contributed by atoms with van der Waals surface area (Å²) >= 11 is 7.33. The van der Waals surface area contributed by atoms with E-state index in [1.165, 1.54) is 4.57 Å². The number of thiophene rings is 1. The summed E-state index contributed by atoms with van der Waals surface area (Å²) in [6, 6.07) is 3.92. The number of aryl methyl sites for hydroxylation is 1. The first-order chi connectivity index (χ1) is 8.09. The van der Waals surface area contributed by atoms with E-state index in [1.54, 1.807) is 18.3 Å². The van der Waals surface area contributed by atoms with Gasteiger partial charge in [0.05, 0.1) is 0 Å². The molecule has 17 heavy (non-hydrogen) atoms. The first kappa shape index (κ1) is 12.1. The van der Waals surface area contributed by atoms with Crippen LogP contribution in [0.4, 0.5) is 0 Å². The van der Waals surface area contributed by atoms with Crippen molar-refractivity contribution in [3.05, 3.63) is 53.9 Å². The predicted molar refractivity (Wildman–Crippen MR) is 69.1 cm³/mol. The summed E-state index contributed by atoms with van der Waals surface area (Å²) in [7, 11) is 0.